The lowest BCUT2D eigenvalue weighted by atomic mass is 9.62. The summed E-state index contributed by atoms with van der Waals surface area (Å²) in [5.41, 5.74) is -1.39. The maximum Gasteiger partial charge on any atom is 0.410 e. The van der Waals surface area contributed by atoms with Gasteiger partial charge in [-0.1, -0.05) is 52.2 Å². The number of carbonyl (C=O) groups is 6. The number of likely N-dealkylation sites (tertiary alicyclic amines) is 2. The molecule has 0 aromatic heterocycles. The van der Waals surface area contributed by atoms with Gasteiger partial charge in [0.2, 0.25) is 5.91 Å². The molecule has 0 N–H and O–H groups in total. The monoisotopic (exact) mass is 663 g/mol. The fraction of sp³-hybridized carbons (Fsp3) is 0.625. The second-order valence-electron chi connectivity index (χ2n) is 13.2. The van der Waals surface area contributed by atoms with Crippen LogP contribution in [0.3, 0.4) is 0 Å². The summed E-state index contributed by atoms with van der Waals surface area (Å²) in [5.74, 6) is -4.33. The average Bonchev–Trinajstić information content (AvgIpc) is 3.34. The number of nitrogens with zero attached hydrogens (tertiary/aromatic N) is 3. The minimum absolute atomic E-state index is 0.0319. The highest BCUT2D eigenvalue weighted by molar-refractivity contribution is 6.48. The quantitative estimate of drug-likeness (QED) is 0.0579. The molecule has 5 atom stereocenters. The highest BCUT2D eigenvalue weighted by Gasteiger charge is 2.63. The third kappa shape index (κ3) is 8.72. The Morgan fingerprint density at radius 3 is 2.13 bits per heavy atom. The van der Waals surface area contributed by atoms with Crippen molar-refractivity contribution in [3.05, 3.63) is 37.0 Å². The molecule has 2 fully saturated rings. The zero-order valence-corrected chi connectivity index (χ0v) is 29.6. The number of Topliss-reactive ketones (excluding diaryl/α,β-unsaturated/α-hetero) is 1. The van der Waals surface area contributed by atoms with Crippen LogP contribution in [0.5, 0.6) is 0 Å². The number of imide groups is 1. The molecule has 0 radical (unpaired) electrons. The summed E-state index contributed by atoms with van der Waals surface area (Å²) in [6.07, 6.45) is 2.33. The van der Waals surface area contributed by atoms with E-state index in [1.54, 1.807) is 19.9 Å². The number of allylic oxidation sites excluding steroid dienone is 1. The molecule has 2 rings (SSSR count). The van der Waals surface area contributed by atoms with Gasteiger partial charge < -0.3 is 23.5 Å². The summed E-state index contributed by atoms with van der Waals surface area (Å²) < 4.78 is 22.1. The predicted molar refractivity (Wildman–Crippen MR) is 172 cm³/mol. The van der Waals surface area contributed by atoms with Crippen LogP contribution in [0, 0.1) is 11.3 Å². The molecule has 2 heterocycles. The first-order valence-electron chi connectivity index (χ1n) is 15.3. The van der Waals surface area contributed by atoms with Gasteiger partial charge in [-0.2, -0.15) is 0 Å². The van der Waals surface area contributed by atoms with E-state index in [0.717, 1.165) is 4.90 Å². The number of ketones is 1. The molecule has 2 saturated heterocycles. The van der Waals surface area contributed by atoms with Crippen molar-refractivity contribution in [2.45, 2.75) is 84.3 Å². The second kappa shape index (κ2) is 15.7. The molecule has 2 aliphatic heterocycles. The first-order chi connectivity index (χ1) is 21.3. The van der Waals surface area contributed by atoms with Crippen molar-refractivity contribution in [2.24, 2.45) is 11.3 Å². The van der Waals surface area contributed by atoms with Crippen LogP contribution in [0.15, 0.2) is 37.0 Å². The van der Waals surface area contributed by atoms with Crippen LogP contribution in [0.1, 0.15) is 47.5 Å². The number of esters is 1. The van der Waals surface area contributed by atoms with Crippen molar-refractivity contribution in [2.75, 3.05) is 33.9 Å². The van der Waals surface area contributed by atoms with Crippen LogP contribution in [0.25, 0.3) is 0 Å². The highest BCUT2D eigenvalue weighted by atomic mass is 28.3. The largest absolute Gasteiger partial charge is 0.454 e. The van der Waals surface area contributed by atoms with Gasteiger partial charge in [-0.05, 0) is 37.9 Å². The molecule has 13 nitrogen and oxygen atoms in total. The van der Waals surface area contributed by atoms with Crippen LogP contribution in [0.2, 0.25) is 13.1 Å². The van der Waals surface area contributed by atoms with E-state index in [0.29, 0.717) is 0 Å². The topological polar surface area (TPSA) is 149 Å². The summed E-state index contributed by atoms with van der Waals surface area (Å²) in [7, 11) is 1.34. The fourth-order valence-electron chi connectivity index (χ4n) is 5.58. The van der Waals surface area contributed by atoms with Crippen molar-refractivity contribution < 1.29 is 47.4 Å². The van der Waals surface area contributed by atoms with E-state index in [1.165, 1.54) is 36.0 Å². The van der Waals surface area contributed by atoms with Gasteiger partial charge in [-0.3, -0.25) is 24.2 Å². The van der Waals surface area contributed by atoms with Crippen LogP contribution in [0.4, 0.5) is 9.59 Å². The van der Waals surface area contributed by atoms with Crippen molar-refractivity contribution in [1.29, 1.82) is 0 Å². The summed E-state index contributed by atoms with van der Waals surface area (Å²) >= 11 is 0. The Bertz CT molecular complexity index is 1260. The molecule has 0 aliphatic carbocycles. The van der Waals surface area contributed by atoms with Crippen LogP contribution in [-0.4, -0.2) is 117 Å². The molecule has 256 valence electrons. The minimum Gasteiger partial charge on any atom is -0.454 e. The number of hydrogen-bond donors (Lipinski definition) is 0. The van der Waals surface area contributed by atoms with E-state index in [1.807, 2.05) is 33.9 Å². The molecule has 2 aliphatic rings. The van der Waals surface area contributed by atoms with Crippen molar-refractivity contribution >= 4 is 44.8 Å². The maximum absolute atomic E-state index is 13.8. The Balaban J connectivity index is 2.45. The summed E-state index contributed by atoms with van der Waals surface area (Å²) in [6.45, 7) is 19.9. The first kappa shape index (κ1) is 38.4. The van der Waals surface area contributed by atoms with E-state index in [2.05, 4.69) is 13.2 Å². The van der Waals surface area contributed by atoms with Crippen LogP contribution >= 0.6 is 0 Å². The third-order valence-corrected chi connectivity index (χ3v) is 9.24. The second-order valence-corrected chi connectivity index (χ2v) is 15.5. The number of hydrogen-bond acceptors (Lipinski definition) is 10. The van der Waals surface area contributed by atoms with E-state index >= 15 is 0 Å². The minimum atomic E-state index is -1.74. The van der Waals surface area contributed by atoms with Gasteiger partial charge in [-0.15, -0.1) is 0 Å². The lowest BCUT2D eigenvalue weighted by molar-refractivity contribution is -0.193. The van der Waals surface area contributed by atoms with E-state index in [4.69, 9.17) is 18.6 Å². The van der Waals surface area contributed by atoms with Gasteiger partial charge >= 0.3 is 24.1 Å². The molecular formula is C32H49N3O10Si. The number of ether oxygens (including phenoxy) is 3. The van der Waals surface area contributed by atoms with E-state index in [9.17, 15) is 28.8 Å². The predicted octanol–water partition coefficient (Wildman–Crippen LogP) is 3.24. The molecule has 0 aromatic rings. The Kier molecular flexibility index (Phi) is 13.1. The lowest BCUT2D eigenvalue weighted by Gasteiger charge is -2.57. The van der Waals surface area contributed by atoms with E-state index in [-0.39, 0.29) is 38.2 Å². The van der Waals surface area contributed by atoms with Crippen LogP contribution in [-0.2, 0) is 37.8 Å². The number of rotatable bonds is 12. The SMILES string of the molecule is C=CCOC(=O)C(=O)N1C(=O)[C@H]([C@@](C)(O[SiH](C)C)C(C)(C)C)[C@H]1CC(=O)/C(C)=C/[C@@H]1C[C@@H](OC(=O)N(C)C)CN1C(=O)OCC=C. The molecule has 0 aromatic carbocycles. The van der Waals surface area contributed by atoms with Crippen molar-refractivity contribution in [1.82, 2.24) is 14.7 Å². The third-order valence-electron chi connectivity index (χ3n) is 8.28. The fourth-order valence-corrected chi connectivity index (χ4v) is 7.06. The molecule has 0 bridgehead atoms. The average molecular weight is 664 g/mol. The Morgan fingerprint density at radius 2 is 1.61 bits per heavy atom. The smallest absolute Gasteiger partial charge is 0.410 e. The zero-order chi connectivity index (χ0) is 35.1. The summed E-state index contributed by atoms with van der Waals surface area (Å²) in [5, 5.41) is 0. The van der Waals surface area contributed by atoms with Gasteiger partial charge in [0.05, 0.1) is 30.1 Å². The maximum atomic E-state index is 13.8. The Hall–Kier alpha value is -3.78. The molecular weight excluding hydrogens is 614 g/mol. The van der Waals surface area contributed by atoms with Crippen LogP contribution < -0.4 is 0 Å². The summed E-state index contributed by atoms with van der Waals surface area (Å²) in [4.78, 5) is 81.5. The molecule has 0 saturated carbocycles. The van der Waals surface area contributed by atoms with Gasteiger partial charge in [-0.25, -0.2) is 14.4 Å². The highest BCUT2D eigenvalue weighted by Crippen LogP contribution is 2.49. The zero-order valence-electron chi connectivity index (χ0n) is 28.5. The van der Waals surface area contributed by atoms with Gasteiger partial charge in [0.25, 0.3) is 0 Å². The molecule has 4 amide bonds. The molecule has 0 unspecified atom stereocenters. The van der Waals surface area contributed by atoms with E-state index < -0.39 is 79.9 Å². The lowest BCUT2D eigenvalue weighted by Crippen LogP contribution is -2.73. The molecule has 14 heteroatoms. The molecule has 0 spiro atoms. The number of amides is 4. The number of β-lactam (4-membered cyclic amide) rings is 1. The Morgan fingerprint density at radius 1 is 1.02 bits per heavy atom. The Labute approximate surface area is 273 Å². The van der Waals surface area contributed by atoms with Gasteiger partial charge in [0, 0.05) is 26.9 Å². The van der Waals surface area contributed by atoms with Gasteiger partial charge in [0.15, 0.2) is 14.8 Å². The van der Waals surface area contributed by atoms with Gasteiger partial charge in [0.1, 0.15) is 19.3 Å². The summed E-state index contributed by atoms with van der Waals surface area (Å²) in [6, 6.07) is -1.64. The normalized spacial score (nSPS) is 22.8. The van der Waals surface area contributed by atoms with Crippen molar-refractivity contribution in [3.63, 3.8) is 0 Å². The first-order valence-corrected chi connectivity index (χ1v) is 18.0. The van der Waals surface area contributed by atoms with Crippen molar-refractivity contribution in [3.8, 4) is 0 Å². The standard InChI is InChI=1S/C32H49N3O10Si/c1-12-14-42-28(39)27(38)35-23(25(26(35)37)32(7,31(4,5)6)45-46(10)11)18-24(36)20(3)16-21-17-22(44-29(40)33(8)9)19-34(21)30(41)43-15-13-2/h12-13,16,21-23,25,46H,1-2,14-15,17-19H2,3-11H3/b20-16+/t21-,22-,23-,25-,32-/m1/s1. The molecule has 46 heavy (non-hydrogen) atoms. The number of carbonyl (C=O) groups excluding carboxylic acids is 6.